The zero-order valence-electron chi connectivity index (χ0n) is 21.5. The van der Waals surface area contributed by atoms with Crippen molar-refractivity contribution in [2.24, 2.45) is 11.3 Å². The number of nitrogens with zero attached hydrogens (tertiary/aromatic N) is 3. The number of hydrogen-bond donors (Lipinski definition) is 1. The number of rotatable bonds is 5. The van der Waals surface area contributed by atoms with E-state index in [1.54, 1.807) is 16.9 Å². The summed E-state index contributed by atoms with van der Waals surface area (Å²) in [6.45, 7) is 4.99. The average Bonchev–Trinajstić information content (AvgIpc) is 3.54. The molecule has 194 valence electrons. The van der Waals surface area contributed by atoms with E-state index in [-0.39, 0.29) is 23.4 Å². The maximum absolute atomic E-state index is 14.0. The van der Waals surface area contributed by atoms with E-state index < -0.39 is 5.41 Å². The molecule has 8 heteroatoms. The summed E-state index contributed by atoms with van der Waals surface area (Å²) in [4.78, 5) is 31.0. The maximum Gasteiger partial charge on any atom is 0.257 e. The normalized spacial score (nSPS) is 20.4. The van der Waals surface area contributed by atoms with Crippen molar-refractivity contribution in [3.05, 3.63) is 94.5 Å². The fourth-order valence-corrected chi connectivity index (χ4v) is 5.35. The van der Waals surface area contributed by atoms with Gasteiger partial charge in [-0.05, 0) is 54.7 Å². The minimum atomic E-state index is -0.465. The van der Waals surface area contributed by atoms with Crippen LogP contribution in [0, 0.1) is 11.3 Å². The van der Waals surface area contributed by atoms with Crippen LogP contribution in [-0.2, 0) is 11.2 Å². The second-order valence-corrected chi connectivity index (χ2v) is 10.6. The van der Waals surface area contributed by atoms with Gasteiger partial charge in [0.1, 0.15) is 5.83 Å². The van der Waals surface area contributed by atoms with Crippen molar-refractivity contribution in [3.63, 3.8) is 0 Å². The first-order valence-electron chi connectivity index (χ1n) is 13.0. The van der Waals surface area contributed by atoms with E-state index in [4.69, 9.17) is 4.74 Å². The lowest BCUT2D eigenvalue weighted by Crippen LogP contribution is -2.34. The van der Waals surface area contributed by atoms with Gasteiger partial charge in [0.05, 0.1) is 28.5 Å². The number of halogens is 1. The summed E-state index contributed by atoms with van der Waals surface area (Å²) in [5.74, 6) is -0.654. The first-order valence-corrected chi connectivity index (χ1v) is 13.0. The van der Waals surface area contributed by atoms with Gasteiger partial charge >= 0.3 is 0 Å². The molecule has 1 unspecified atom stereocenters. The molecule has 2 aliphatic carbocycles. The van der Waals surface area contributed by atoms with Crippen LogP contribution in [0.25, 0.3) is 11.1 Å². The van der Waals surface area contributed by atoms with Crippen LogP contribution in [0.15, 0.2) is 66.5 Å². The highest BCUT2D eigenvalue weighted by molar-refractivity contribution is 6.06. The molecule has 0 radical (unpaired) electrons. The van der Waals surface area contributed by atoms with Crippen LogP contribution >= 0.6 is 0 Å². The standard InChI is InChI=1S/C30H29FN4O3/c1-18-3-4-21(15-25(18)31)34-29(37)20-13-23-22(5-6-26(23)32-16-20)19-7-10-35-27(14-19)24(17-33-35)28(36)30(2)8-11-38-12-9-30/h4-5,7,10,13-18H,3,6,8-9,11-12H2,1-2H3,(H,34,37). The molecule has 7 nitrogen and oxygen atoms in total. The summed E-state index contributed by atoms with van der Waals surface area (Å²) >= 11 is 0. The molecule has 4 heterocycles. The Hall–Kier alpha value is -3.91. The molecular formula is C30H29FN4O3. The largest absolute Gasteiger partial charge is 0.381 e. The fourth-order valence-electron chi connectivity index (χ4n) is 5.35. The summed E-state index contributed by atoms with van der Waals surface area (Å²) in [6.07, 6.45) is 12.9. The number of carbonyl (C=O) groups excluding carboxylic acids is 2. The molecule has 1 amide bonds. The topological polar surface area (TPSA) is 85.6 Å². The van der Waals surface area contributed by atoms with E-state index in [0.717, 1.165) is 27.9 Å². The Labute approximate surface area is 220 Å². The molecule has 0 saturated carbocycles. The summed E-state index contributed by atoms with van der Waals surface area (Å²) in [7, 11) is 0. The highest BCUT2D eigenvalue weighted by Gasteiger charge is 2.37. The van der Waals surface area contributed by atoms with Crippen LogP contribution in [0.1, 0.15) is 70.6 Å². The van der Waals surface area contributed by atoms with E-state index >= 15 is 0 Å². The number of amides is 1. The fraction of sp³-hybridized carbons (Fsp3) is 0.333. The van der Waals surface area contributed by atoms with Gasteiger partial charge in [-0.15, -0.1) is 0 Å². The van der Waals surface area contributed by atoms with Gasteiger partial charge in [-0.3, -0.25) is 14.6 Å². The van der Waals surface area contributed by atoms with Crippen molar-refractivity contribution in [1.29, 1.82) is 0 Å². The van der Waals surface area contributed by atoms with Crippen LogP contribution < -0.4 is 5.32 Å². The molecule has 38 heavy (non-hydrogen) atoms. The smallest absolute Gasteiger partial charge is 0.257 e. The molecule has 0 bridgehead atoms. The van der Waals surface area contributed by atoms with Crippen LogP contribution in [0.3, 0.4) is 0 Å². The number of nitrogens with one attached hydrogen (secondary N) is 1. The Morgan fingerprint density at radius 2 is 2.00 bits per heavy atom. The van der Waals surface area contributed by atoms with E-state index in [1.807, 2.05) is 44.3 Å². The van der Waals surface area contributed by atoms with E-state index in [9.17, 15) is 14.0 Å². The van der Waals surface area contributed by atoms with Gasteiger partial charge in [0.2, 0.25) is 0 Å². The number of Topliss-reactive ketones (excluding diaryl/α,β-unsaturated/α-hetero) is 1. The highest BCUT2D eigenvalue weighted by atomic mass is 19.1. The number of aromatic nitrogens is 3. The number of ether oxygens (including phenoxy) is 1. The van der Waals surface area contributed by atoms with Crippen molar-refractivity contribution in [2.75, 3.05) is 13.2 Å². The van der Waals surface area contributed by atoms with Gasteiger partial charge in [0.25, 0.3) is 5.91 Å². The Morgan fingerprint density at radius 3 is 2.79 bits per heavy atom. The highest BCUT2D eigenvalue weighted by Crippen LogP contribution is 2.37. The Kier molecular flexibility index (Phi) is 6.07. The van der Waals surface area contributed by atoms with Gasteiger partial charge < -0.3 is 10.1 Å². The second-order valence-electron chi connectivity index (χ2n) is 10.6. The number of carbonyl (C=O) groups is 2. The van der Waals surface area contributed by atoms with Gasteiger partial charge in [-0.2, -0.15) is 5.10 Å². The SMILES string of the molecule is CC1CC=C(NC(=O)c2cnc3c(c2)C(c2ccn4ncc(C(=O)C5(C)CCOCC5)c4c2)=CC3)C=C1F. The molecule has 3 aliphatic rings. The molecule has 1 saturated heterocycles. The summed E-state index contributed by atoms with van der Waals surface area (Å²) in [6, 6.07) is 5.77. The van der Waals surface area contributed by atoms with E-state index in [0.29, 0.717) is 55.7 Å². The lowest BCUT2D eigenvalue weighted by atomic mass is 9.76. The predicted molar refractivity (Wildman–Crippen MR) is 141 cm³/mol. The lowest BCUT2D eigenvalue weighted by Gasteiger charge is -2.31. The monoisotopic (exact) mass is 512 g/mol. The molecular weight excluding hydrogens is 483 g/mol. The van der Waals surface area contributed by atoms with Crippen molar-refractivity contribution in [2.45, 2.75) is 39.5 Å². The Balaban J connectivity index is 1.29. The van der Waals surface area contributed by atoms with Crippen molar-refractivity contribution < 1.29 is 18.7 Å². The molecule has 1 atom stereocenters. The molecule has 3 aromatic rings. The van der Waals surface area contributed by atoms with Crippen LogP contribution in [0.2, 0.25) is 0 Å². The number of allylic oxidation sites excluding steroid dienone is 4. The number of ketones is 1. The summed E-state index contributed by atoms with van der Waals surface area (Å²) in [5, 5.41) is 7.22. The van der Waals surface area contributed by atoms with E-state index in [1.165, 1.54) is 6.08 Å². The van der Waals surface area contributed by atoms with Gasteiger partial charge in [-0.1, -0.05) is 26.0 Å². The maximum atomic E-state index is 14.0. The van der Waals surface area contributed by atoms with Crippen LogP contribution in [0.5, 0.6) is 0 Å². The average molecular weight is 513 g/mol. The van der Waals surface area contributed by atoms with Gasteiger partial charge in [-0.25, -0.2) is 8.91 Å². The second kappa shape index (κ2) is 9.44. The third-order valence-electron chi connectivity index (χ3n) is 7.96. The predicted octanol–water partition coefficient (Wildman–Crippen LogP) is 5.22. The lowest BCUT2D eigenvalue weighted by molar-refractivity contribution is 0.0236. The molecule has 0 aromatic carbocycles. The first kappa shape index (κ1) is 24.4. The summed E-state index contributed by atoms with van der Waals surface area (Å²) in [5.41, 5.74) is 5.40. The van der Waals surface area contributed by atoms with Crippen molar-refractivity contribution >= 4 is 22.8 Å². The Bertz CT molecular complexity index is 1560. The third kappa shape index (κ3) is 4.28. The zero-order valence-corrected chi connectivity index (χ0v) is 21.5. The number of fused-ring (bicyclic) bond motifs is 2. The van der Waals surface area contributed by atoms with Gasteiger partial charge in [0.15, 0.2) is 5.78 Å². The number of pyridine rings is 2. The van der Waals surface area contributed by atoms with Crippen molar-refractivity contribution in [3.8, 4) is 0 Å². The molecule has 0 spiro atoms. The molecule has 6 rings (SSSR count). The first-order chi connectivity index (χ1) is 18.3. The van der Waals surface area contributed by atoms with Crippen LogP contribution in [-0.4, -0.2) is 39.5 Å². The quantitative estimate of drug-likeness (QED) is 0.474. The molecule has 1 fully saturated rings. The van der Waals surface area contributed by atoms with E-state index in [2.05, 4.69) is 21.5 Å². The van der Waals surface area contributed by atoms with Crippen LogP contribution in [0.4, 0.5) is 4.39 Å². The minimum absolute atomic E-state index is 0.0891. The molecule has 1 aliphatic heterocycles. The molecule has 1 N–H and O–H groups in total. The van der Waals surface area contributed by atoms with Gasteiger partial charge in [0, 0.05) is 54.6 Å². The molecule has 3 aromatic heterocycles. The summed E-state index contributed by atoms with van der Waals surface area (Å²) < 4.78 is 21.2. The Morgan fingerprint density at radius 1 is 1.18 bits per heavy atom. The minimum Gasteiger partial charge on any atom is -0.381 e. The number of hydrogen-bond acceptors (Lipinski definition) is 5. The zero-order chi connectivity index (χ0) is 26.4. The third-order valence-corrected chi connectivity index (χ3v) is 7.96. The van der Waals surface area contributed by atoms with Crippen molar-refractivity contribution in [1.82, 2.24) is 19.9 Å².